The molecule has 0 saturated carbocycles. The third kappa shape index (κ3) is 2.71. The molecule has 0 aromatic rings. The van der Waals surface area contributed by atoms with Crippen LogP contribution in [0.2, 0.25) is 0 Å². The summed E-state index contributed by atoms with van der Waals surface area (Å²) < 4.78 is 5.60. The maximum Gasteiger partial charge on any atom is 0.0561 e. The van der Waals surface area contributed by atoms with E-state index in [2.05, 4.69) is 18.7 Å². The zero-order chi connectivity index (χ0) is 10.8. The lowest BCUT2D eigenvalue weighted by Gasteiger charge is -2.44. The van der Waals surface area contributed by atoms with Crippen LogP contribution in [0.25, 0.3) is 0 Å². The highest BCUT2D eigenvalue weighted by atomic mass is 16.5. The Morgan fingerprint density at radius 2 is 2.00 bits per heavy atom. The third-order valence-electron chi connectivity index (χ3n) is 3.89. The molecule has 0 aromatic carbocycles. The Balaban J connectivity index is 1.91. The molecule has 2 aliphatic heterocycles. The van der Waals surface area contributed by atoms with Crippen LogP contribution in [0.15, 0.2) is 0 Å². The molecule has 2 rings (SSSR count). The quantitative estimate of drug-likeness (QED) is 0.713. The topological polar surface area (TPSA) is 38.5 Å². The highest BCUT2D eigenvalue weighted by Crippen LogP contribution is 2.25. The van der Waals surface area contributed by atoms with Crippen LogP contribution in [0.4, 0.5) is 0 Å². The number of rotatable bonds is 1. The first-order valence-corrected chi connectivity index (χ1v) is 6.29. The molecular weight excluding hydrogens is 188 g/mol. The van der Waals surface area contributed by atoms with Gasteiger partial charge in [0.05, 0.1) is 6.10 Å². The van der Waals surface area contributed by atoms with Gasteiger partial charge in [-0.2, -0.15) is 0 Å². The van der Waals surface area contributed by atoms with Gasteiger partial charge in [-0.05, 0) is 39.5 Å². The minimum Gasteiger partial charge on any atom is -0.378 e. The first kappa shape index (κ1) is 11.4. The summed E-state index contributed by atoms with van der Waals surface area (Å²) in [5.41, 5.74) is 5.99. The predicted molar refractivity (Wildman–Crippen MR) is 61.8 cm³/mol. The average molecular weight is 212 g/mol. The van der Waals surface area contributed by atoms with Crippen molar-refractivity contribution < 1.29 is 4.74 Å². The van der Waals surface area contributed by atoms with Crippen molar-refractivity contribution in [2.75, 3.05) is 13.2 Å². The van der Waals surface area contributed by atoms with Gasteiger partial charge in [0.2, 0.25) is 0 Å². The molecule has 4 unspecified atom stereocenters. The number of ether oxygens (including phenoxy) is 1. The fourth-order valence-electron chi connectivity index (χ4n) is 3.04. The van der Waals surface area contributed by atoms with Gasteiger partial charge in [-0.25, -0.2) is 0 Å². The van der Waals surface area contributed by atoms with E-state index < -0.39 is 0 Å². The Morgan fingerprint density at radius 3 is 2.67 bits per heavy atom. The van der Waals surface area contributed by atoms with E-state index in [4.69, 9.17) is 10.5 Å². The fraction of sp³-hybridized carbons (Fsp3) is 1.00. The summed E-state index contributed by atoms with van der Waals surface area (Å²) in [4.78, 5) is 2.66. The second-order valence-electron chi connectivity index (χ2n) is 5.23. The van der Waals surface area contributed by atoms with E-state index in [-0.39, 0.29) is 0 Å². The van der Waals surface area contributed by atoms with Gasteiger partial charge in [0.1, 0.15) is 0 Å². The number of hydrogen-bond acceptors (Lipinski definition) is 3. The van der Waals surface area contributed by atoms with Crippen LogP contribution in [-0.2, 0) is 4.74 Å². The van der Waals surface area contributed by atoms with Gasteiger partial charge in [-0.3, -0.25) is 4.90 Å². The van der Waals surface area contributed by atoms with Gasteiger partial charge >= 0.3 is 0 Å². The molecule has 88 valence electrons. The number of nitrogens with two attached hydrogens (primary N) is 1. The van der Waals surface area contributed by atoms with E-state index >= 15 is 0 Å². The van der Waals surface area contributed by atoms with E-state index in [1.807, 2.05) is 0 Å². The first-order valence-electron chi connectivity index (χ1n) is 6.29. The van der Waals surface area contributed by atoms with Crippen molar-refractivity contribution in [2.24, 2.45) is 5.73 Å². The molecule has 2 heterocycles. The van der Waals surface area contributed by atoms with Gasteiger partial charge in [0.15, 0.2) is 0 Å². The molecule has 2 fully saturated rings. The van der Waals surface area contributed by atoms with Gasteiger partial charge in [-0.15, -0.1) is 0 Å². The van der Waals surface area contributed by atoms with Crippen LogP contribution in [0, 0.1) is 0 Å². The lowest BCUT2D eigenvalue weighted by Crippen LogP contribution is -2.52. The van der Waals surface area contributed by atoms with Crippen LogP contribution in [0.3, 0.4) is 0 Å². The Morgan fingerprint density at radius 1 is 1.20 bits per heavy atom. The van der Waals surface area contributed by atoms with Crippen LogP contribution in [-0.4, -0.2) is 42.3 Å². The normalized spacial score (nSPS) is 44.2. The molecule has 2 N–H and O–H groups in total. The van der Waals surface area contributed by atoms with E-state index in [0.717, 1.165) is 25.5 Å². The van der Waals surface area contributed by atoms with Crippen LogP contribution < -0.4 is 5.73 Å². The molecule has 0 aliphatic carbocycles. The van der Waals surface area contributed by atoms with Crippen LogP contribution >= 0.6 is 0 Å². The van der Waals surface area contributed by atoms with Gasteiger partial charge in [0, 0.05) is 31.3 Å². The Bertz CT molecular complexity index is 210. The number of piperidine rings is 1. The van der Waals surface area contributed by atoms with Gasteiger partial charge in [0.25, 0.3) is 0 Å². The van der Waals surface area contributed by atoms with E-state index in [1.54, 1.807) is 0 Å². The lowest BCUT2D eigenvalue weighted by molar-refractivity contribution is -0.0343. The molecule has 3 nitrogen and oxygen atoms in total. The molecule has 15 heavy (non-hydrogen) atoms. The summed E-state index contributed by atoms with van der Waals surface area (Å²) >= 11 is 0. The third-order valence-corrected chi connectivity index (χ3v) is 3.89. The fourth-order valence-corrected chi connectivity index (χ4v) is 3.04. The van der Waals surface area contributed by atoms with Crippen molar-refractivity contribution in [3.05, 3.63) is 0 Å². The van der Waals surface area contributed by atoms with Crippen molar-refractivity contribution in [3.63, 3.8) is 0 Å². The molecule has 0 radical (unpaired) electrons. The standard InChI is InChI=1S/C12H24N2O/c1-9-7-11(13)3-5-14(9)12-4-6-15-10(2)8-12/h9-12H,3-8,13H2,1-2H3. The second-order valence-corrected chi connectivity index (χ2v) is 5.23. The van der Waals surface area contributed by atoms with Gasteiger partial charge in [-0.1, -0.05) is 0 Å². The van der Waals surface area contributed by atoms with Crippen molar-refractivity contribution in [3.8, 4) is 0 Å². The lowest BCUT2D eigenvalue weighted by atomic mass is 9.93. The maximum atomic E-state index is 5.99. The molecule has 3 heteroatoms. The van der Waals surface area contributed by atoms with Gasteiger partial charge < -0.3 is 10.5 Å². The minimum atomic E-state index is 0.425. The number of likely N-dealkylation sites (tertiary alicyclic amines) is 1. The summed E-state index contributed by atoms with van der Waals surface area (Å²) in [6, 6.07) is 1.81. The van der Waals surface area contributed by atoms with E-state index in [1.165, 1.54) is 19.4 Å². The molecular formula is C12H24N2O. The smallest absolute Gasteiger partial charge is 0.0561 e. The Labute approximate surface area is 93.0 Å². The zero-order valence-corrected chi connectivity index (χ0v) is 9.98. The number of nitrogens with zero attached hydrogens (tertiary/aromatic N) is 1. The van der Waals surface area contributed by atoms with Crippen molar-refractivity contribution in [2.45, 2.75) is 63.8 Å². The molecule has 0 aromatic heterocycles. The predicted octanol–water partition coefficient (Wildman–Crippen LogP) is 1.37. The summed E-state index contributed by atoms with van der Waals surface area (Å²) in [6.07, 6.45) is 5.15. The van der Waals surface area contributed by atoms with Crippen LogP contribution in [0.1, 0.15) is 39.5 Å². The van der Waals surface area contributed by atoms with E-state index in [9.17, 15) is 0 Å². The summed E-state index contributed by atoms with van der Waals surface area (Å²) in [6.45, 7) is 6.62. The molecule has 0 amide bonds. The van der Waals surface area contributed by atoms with Crippen molar-refractivity contribution in [1.29, 1.82) is 0 Å². The summed E-state index contributed by atoms with van der Waals surface area (Å²) in [5, 5.41) is 0. The van der Waals surface area contributed by atoms with Crippen molar-refractivity contribution >= 4 is 0 Å². The highest BCUT2D eigenvalue weighted by molar-refractivity contribution is 4.87. The molecule has 0 bridgehead atoms. The zero-order valence-electron chi connectivity index (χ0n) is 9.98. The Hall–Kier alpha value is -0.120. The van der Waals surface area contributed by atoms with E-state index in [0.29, 0.717) is 18.2 Å². The SMILES string of the molecule is CC1CC(N2CCC(N)CC2C)CCO1. The first-order chi connectivity index (χ1) is 7.16. The van der Waals surface area contributed by atoms with Crippen LogP contribution in [0.5, 0.6) is 0 Å². The average Bonchev–Trinajstić information content (AvgIpc) is 2.17. The maximum absolute atomic E-state index is 5.99. The highest BCUT2D eigenvalue weighted by Gasteiger charge is 2.31. The summed E-state index contributed by atoms with van der Waals surface area (Å²) in [5.74, 6) is 0. The second kappa shape index (κ2) is 4.81. The largest absolute Gasteiger partial charge is 0.378 e. The van der Waals surface area contributed by atoms with Crippen molar-refractivity contribution in [1.82, 2.24) is 4.90 Å². The number of hydrogen-bond donors (Lipinski definition) is 1. The molecule has 0 spiro atoms. The molecule has 4 atom stereocenters. The Kier molecular flexibility index (Phi) is 3.65. The molecule has 2 saturated heterocycles. The molecule has 2 aliphatic rings. The minimum absolute atomic E-state index is 0.425. The summed E-state index contributed by atoms with van der Waals surface area (Å²) in [7, 11) is 0. The monoisotopic (exact) mass is 212 g/mol.